The van der Waals surface area contributed by atoms with E-state index < -0.39 is 0 Å². The van der Waals surface area contributed by atoms with E-state index in [0.717, 1.165) is 22.2 Å². The van der Waals surface area contributed by atoms with Crippen molar-refractivity contribution in [1.82, 2.24) is 15.2 Å². The van der Waals surface area contributed by atoms with Crippen molar-refractivity contribution in [3.8, 4) is 5.88 Å². The number of aryl methyl sites for hydroxylation is 1. The molecule has 0 aliphatic rings. The average Bonchev–Trinajstić information content (AvgIpc) is 2.80. The molecular formula is C14H13N3O. The molecule has 3 aromatic rings. The van der Waals surface area contributed by atoms with Gasteiger partial charge in [-0.05, 0) is 18.6 Å². The van der Waals surface area contributed by atoms with Crippen molar-refractivity contribution in [2.45, 2.75) is 13.5 Å². The summed E-state index contributed by atoms with van der Waals surface area (Å²) in [7, 11) is 0. The van der Waals surface area contributed by atoms with Crippen LogP contribution in [0.25, 0.3) is 10.9 Å². The van der Waals surface area contributed by atoms with E-state index in [9.17, 15) is 0 Å². The third-order valence-electron chi connectivity index (χ3n) is 2.84. The van der Waals surface area contributed by atoms with Gasteiger partial charge in [-0.15, -0.1) is 0 Å². The molecule has 0 unspecified atom stereocenters. The largest absolute Gasteiger partial charge is 0.472 e. The summed E-state index contributed by atoms with van der Waals surface area (Å²) in [5.41, 5.74) is 2.98. The topological polar surface area (TPSA) is 50.8 Å². The lowest BCUT2D eigenvalue weighted by Crippen LogP contribution is -1.97. The fourth-order valence-corrected chi connectivity index (χ4v) is 1.92. The molecule has 2 heterocycles. The van der Waals surface area contributed by atoms with E-state index in [4.69, 9.17) is 4.74 Å². The van der Waals surface area contributed by atoms with Gasteiger partial charge in [0.25, 0.3) is 0 Å². The van der Waals surface area contributed by atoms with Gasteiger partial charge in [0.05, 0.1) is 16.6 Å². The summed E-state index contributed by atoms with van der Waals surface area (Å²) in [6, 6.07) is 11.9. The van der Waals surface area contributed by atoms with Gasteiger partial charge in [0.1, 0.15) is 6.61 Å². The van der Waals surface area contributed by atoms with Crippen LogP contribution in [0, 0.1) is 6.92 Å². The van der Waals surface area contributed by atoms with Crippen LogP contribution in [0.2, 0.25) is 0 Å². The Morgan fingerprint density at radius 3 is 2.83 bits per heavy atom. The van der Waals surface area contributed by atoms with Crippen LogP contribution in [0.3, 0.4) is 0 Å². The molecule has 0 bridgehead atoms. The van der Waals surface area contributed by atoms with Crippen molar-refractivity contribution >= 4 is 10.9 Å². The molecule has 90 valence electrons. The first-order valence-electron chi connectivity index (χ1n) is 5.81. The third-order valence-corrected chi connectivity index (χ3v) is 2.84. The highest BCUT2D eigenvalue weighted by molar-refractivity contribution is 5.85. The molecule has 1 N–H and O–H groups in total. The van der Waals surface area contributed by atoms with E-state index in [2.05, 4.69) is 15.2 Å². The second-order valence-corrected chi connectivity index (χ2v) is 4.12. The zero-order valence-electron chi connectivity index (χ0n) is 10.1. The summed E-state index contributed by atoms with van der Waals surface area (Å²) in [4.78, 5) is 4.27. The molecule has 3 rings (SSSR count). The smallest absolute Gasteiger partial charge is 0.225 e. The lowest BCUT2D eigenvalue weighted by Gasteiger charge is -2.06. The highest BCUT2D eigenvalue weighted by atomic mass is 16.5. The molecule has 4 nitrogen and oxygen atoms in total. The van der Waals surface area contributed by atoms with E-state index in [1.165, 1.54) is 0 Å². The number of aromatic nitrogens is 3. The minimum absolute atomic E-state index is 0.511. The van der Waals surface area contributed by atoms with Crippen LogP contribution >= 0.6 is 0 Å². The maximum absolute atomic E-state index is 5.77. The Labute approximate surface area is 105 Å². The van der Waals surface area contributed by atoms with E-state index in [1.54, 1.807) is 6.20 Å². The summed E-state index contributed by atoms with van der Waals surface area (Å²) in [6.07, 6.45) is 1.72. The standard InChI is InChI=1S/C14H13N3O/c1-10-13-12(17-16-10)7-8-15-14(13)18-9-11-5-3-2-4-6-11/h2-8H,9H2,1H3,(H,16,17). The lowest BCUT2D eigenvalue weighted by molar-refractivity contribution is 0.298. The molecule has 0 saturated carbocycles. The number of nitrogens with zero attached hydrogens (tertiary/aromatic N) is 2. The number of fused-ring (bicyclic) bond motifs is 1. The molecule has 0 spiro atoms. The van der Waals surface area contributed by atoms with Crippen LogP contribution in [0.4, 0.5) is 0 Å². The van der Waals surface area contributed by atoms with E-state index in [-0.39, 0.29) is 0 Å². The number of H-pyrrole nitrogens is 1. The predicted molar refractivity (Wildman–Crippen MR) is 69.4 cm³/mol. The summed E-state index contributed by atoms with van der Waals surface area (Å²) >= 11 is 0. The number of ether oxygens (including phenoxy) is 1. The second kappa shape index (κ2) is 4.49. The van der Waals surface area contributed by atoms with E-state index >= 15 is 0 Å². The zero-order valence-corrected chi connectivity index (χ0v) is 10.1. The number of hydrogen-bond acceptors (Lipinski definition) is 3. The summed E-state index contributed by atoms with van der Waals surface area (Å²) in [5.74, 6) is 0.627. The minimum atomic E-state index is 0.511. The van der Waals surface area contributed by atoms with Crippen molar-refractivity contribution in [3.63, 3.8) is 0 Å². The zero-order chi connectivity index (χ0) is 12.4. The molecule has 0 fully saturated rings. The van der Waals surface area contributed by atoms with Crippen molar-refractivity contribution in [3.05, 3.63) is 53.9 Å². The fraction of sp³-hybridized carbons (Fsp3) is 0.143. The van der Waals surface area contributed by atoms with Gasteiger partial charge in [-0.3, -0.25) is 5.10 Å². The highest BCUT2D eigenvalue weighted by Gasteiger charge is 2.09. The Morgan fingerprint density at radius 2 is 2.00 bits per heavy atom. The van der Waals surface area contributed by atoms with Gasteiger partial charge in [0, 0.05) is 6.20 Å². The van der Waals surface area contributed by atoms with Gasteiger partial charge >= 0.3 is 0 Å². The number of benzene rings is 1. The van der Waals surface area contributed by atoms with Gasteiger partial charge in [-0.25, -0.2) is 4.98 Å². The Balaban J connectivity index is 1.89. The van der Waals surface area contributed by atoms with Gasteiger partial charge in [0.2, 0.25) is 5.88 Å². The molecule has 0 amide bonds. The first kappa shape index (κ1) is 10.8. The predicted octanol–water partition coefficient (Wildman–Crippen LogP) is 2.85. The first-order valence-corrected chi connectivity index (χ1v) is 5.81. The third kappa shape index (κ3) is 1.93. The van der Waals surface area contributed by atoms with Crippen LogP contribution in [0.1, 0.15) is 11.3 Å². The number of aromatic amines is 1. The quantitative estimate of drug-likeness (QED) is 0.764. The maximum atomic E-state index is 5.77. The SMILES string of the molecule is Cc1n[nH]c2ccnc(OCc3ccccc3)c12. The van der Waals surface area contributed by atoms with Gasteiger partial charge in [-0.2, -0.15) is 5.10 Å². The second-order valence-electron chi connectivity index (χ2n) is 4.12. The average molecular weight is 239 g/mol. The van der Waals surface area contributed by atoms with Crippen LogP contribution in [-0.4, -0.2) is 15.2 Å². The van der Waals surface area contributed by atoms with E-state index in [1.807, 2.05) is 43.3 Å². The van der Waals surface area contributed by atoms with Gasteiger partial charge in [-0.1, -0.05) is 30.3 Å². The van der Waals surface area contributed by atoms with Gasteiger partial charge < -0.3 is 4.74 Å². The molecular weight excluding hydrogens is 226 g/mol. The number of rotatable bonds is 3. The normalized spacial score (nSPS) is 10.7. The molecule has 0 radical (unpaired) electrons. The molecule has 2 aromatic heterocycles. The summed E-state index contributed by atoms with van der Waals surface area (Å²) in [5, 5.41) is 8.08. The van der Waals surface area contributed by atoms with Gasteiger partial charge in [0.15, 0.2) is 0 Å². The maximum Gasteiger partial charge on any atom is 0.225 e. The van der Waals surface area contributed by atoms with Crippen molar-refractivity contribution < 1.29 is 4.74 Å². The monoisotopic (exact) mass is 239 g/mol. The minimum Gasteiger partial charge on any atom is -0.472 e. The van der Waals surface area contributed by atoms with Crippen LogP contribution in [0.15, 0.2) is 42.6 Å². The summed E-state index contributed by atoms with van der Waals surface area (Å²) < 4.78 is 5.77. The number of hydrogen-bond donors (Lipinski definition) is 1. The highest BCUT2D eigenvalue weighted by Crippen LogP contribution is 2.24. The lowest BCUT2D eigenvalue weighted by atomic mass is 10.2. The molecule has 0 atom stereocenters. The molecule has 0 aliphatic heterocycles. The fourth-order valence-electron chi connectivity index (χ4n) is 1.92. The summed E-state index contributed by atoms with van der Waals surface area (Å²) in [6.45, 7) is 2.45. The molecule has 0 aliphatic carbocycles. The Hall–Kier alpha value is -2.36. The molecule has 1 aromatic carbocycles. The van der Waals surface area contributed by atoms with E-state index in [0.29, 0.717) is 12.5 Å². The Bertz CT molecular complexity index is 661. The van der Waals surface area contributed by atoms with Crippen LogP contribution < -0.4 is 4.74 Å². The molecule has 18 heavy (non-hydrogen) atoms. The number of pyridine rings is 1. The van der Waals surface area contributed by atoms with Crippen molar-refractivity contribution in [2.75, 3.05) is 0 Å². The first-order chi connectivity index (χ1) is 8.84. The molecule has 4 heteroatoms. The Morgan fingerprint density at radius 1 is 1.17 bits per heavy atom. The van der Waals surface area contributed by atoms with Crippen LogP contribution in [-0.2, 0) is 6.61 Å². The molecule has 0 saturated heterocycles. The van der Waals surface area contributed by atoms with Crippen LogP contribution in [0.5, 0.6) is 5.88 Å². The number of nitrogens with one attached hydrogen (secondary N) is 1. The Kier molecular flexibility index (Phi) is 2.68. The van der Waals surface area contributed by atoms with Crippen molar-refractivity contribution in [2.24, 2.45) is 0 Å². The van der Waals surface area contributed by atoms with Crippen molar-refractivity contribution in [1.29, 1.82) is 0 Å².